The van der Waals surface area contributed by atoms with Gasteiger partial charge in [0.15, 0.2) is 6.04 Å². The normalized spacial score (nSPS) is 13.4. The highest BCUT2D eigenvalue weighted by molar-refractivity contribution is 6.22. The first kappa shape index (κ1) is 20.7. The minimum atomic E-state index is -1.29. The molecule has 1 atom stereocenters. The zero-order valence-electron chi connectivity index (χ0n) is 15.8. The Morgan fingerprint density at radius 2 is 1.57 bits per heavy atom. The van der Waals surface area contributed by atoms with Crippen LogP contribution < -0.4 is 5.32 Å². The highest BCUT2D eigenvalue weighted by Crippen LogP contribution is 2.21. The Morgan fingerprint density at radius 1 is 0.967 bits per heavy atom. The molecule has 0 bridgehead atoms. The number of carbonyl (C=O) groups excluding carboxylic acids is 5. The predicted molar refractivity (Wildman–Crippen MR) is 102 cm³/mol. The van der Waals surface area contributed by atoms with E-state index in [4.69, 9.17) is 4.74 Å². The maximum Gasteiger partial charge on any atom is 0.332 e. The molecular formula is C21H18N2O7. The van der Waals surface area contributed by atoms with Gasteiger partial charge in [-0.25, -0.2) is 4.79 Å². The Labute approximate surface area is 171 Å². The Kier molecular flexibility index (Phi) is 6.53. The summed E-state index contributed by atoms with van der Waals surface area (Å²) >= 11 is 0. The van der Waals surface area contributed by atoms with Crippen LogP contribution in [-0.4, -0.2) is 54.3 Å². The highest BCUT2D eigenvalue weighted by Gasteiger charge is 2.37. The van der Waals surface area contributed by atoms with Crippen molar-refractivity contribution in [2.24, 2.45) is 0 Å². The van der Waals surface area contributed by atoms with Crippen molar-refractivity contribution in [3.05, 3.63) is 71.3 Å². The molecule has 1 aliphatic heterocycles. The van der Waals surface area contributed by atoms with Crippen LogP contribution in [0.1, 0.15) is 26.3 Å². The fraction of sp³-hybridized carbons (Fsp3) is 0.190. The van der Waals surface area contributed by atoms with E-state index < -0.39 is 42.9 Å². The van der Waals surface area contributed by atoms with Crippen LogP contribution >= 0.6 is 0 Å². The number of nitrogens with one attached hydrogen (secondary N) is 1. The van der Waals surface area contributed by atoms with Gasteiger partial charge in [0.2, 0.25) is 5.91 Å². The molecule has 0 fully saturated rings. The first-order chi connectivity index (χ1) is 14.5. The van der Waals surface area contributed by atoms with Crippen LogP contribution in [0.2, 0.25) is 0 Å². The van der Waals surface area contributed by atoms with Gasteiger partial charge in [-0.15, -0.1) is 0 Å². The van der Waals surface area contributed by atoms with Gasteiger partial charge in [-0.1, -0.05) is 42.5 Å². The molecule has 3 rings (SSSR count). The molecule has 0 saturated heterocycles. The monoisotopic (exact) mass is 410 g/mol. The lowest BCUT2D eigenvalue weighted by Gasteiger charge is -2.19. The second-order valence-electron chi connectivity index (χ2n) is 6.39. The zero-order chi connectivity index (χ0) is 21.5. The molecule has 154 valence electrons. The van der Waals surface area contributed by atoms with Crippen molar-refractivity contribution in [2.45, 2.75) is 12.6 Å². The summed E-state index contributed by atoms with van der Waals surface area (Å²) in [6, 6.07) is 13.8. The molecule has 0 aliphatic carbocycles. The van der Waals surface area contributed by atoms with Gasteiger partial charge >= 0.3 is 5.97 Å². The van der Waals surface area contributed by atoms with Gasteiger partial charge in [0, 0.05) is 0 Å². The zero-order valence-corrected chi connectivity index (χ0v) is 15.8. The molecule has 3 amide bonds. The standard InChI is InChI=1S/C21H18N2O7/c24-13-29-12-17(21(28)30-11-14-6-2-1-3-7-14)22-18(25)10-23-19(26)15-8-4-5-9-16(15)20(23)27/h1-9,13,17H,10-12H2,(H,22,25)/t17-/m0/s1. The molecule has 2 aromatic rings. The van der Waals surface area contributed by atoms with E-state index in [1.165, 1.54) is 12.1 Å². The third kappa shape index (κ3) is 4.69. The fourth-order valence-electron chi connectivity index (χ4n) is 2.90. The summed E-state index contributed by atoms with van der Waals surface area (Å²) in [6.07, 6.45) is 0. The topological polar surface area (TPSA) is 119 Å². The summed E-state index contributed by atoms with van der Waals surface area (Å²) < 4.78 is 9.74. The number of amides is 3. The predicted octanol–water partition coefficient (Wildman–Crippen LogP) is 0.684. The van der Waals surface area contributed by atoms with E-state index in [-0.39, 0.29) is 24.2 Å². The maximum absolute atomic E-state index is 12.4. The number of ether oxygens (including phenoxy) is 2. The Hall–Kier alpha value is -4.01. The van der Waals surface area contributed by atoms with Gasteiger partial charge in [-0.3, -0.25) is 24.1 Å². The number of imide groups is 1. The van der Waals surface area contributed by atoms with E-state index in [9.17, 15) is 24.0 Å². The summed E-state index contributed by atoms with van der Waals surface area (Å²) in [5, 5.41) is 2.34. The van der Waals surface area contributed by atoms with E-state index in [0.29, 0.717) is 0 Å². The van der Waals surface area contributed by atoms with Crippen LogP contribution in [-0.2, 0) is 30.5 Å². The lowest BCUT2D eigenvalue weighted by Crippen LogP contribution is -2.49. The van der Waals surface area contributed by atoms with E-state index in [0.717, 1.165) is 10.5 Å². The van der Waals surface area contributed by atoms with Crippen molar-refractivity contribution in [1.82, 2.24) is 10.2 Å². The van der Waals surface area contributed by atoms with Crippen molar-refractivity contribution < 1.29 is 33.4 Å². The van der Waals surface area contributed by atoms with E-state index in [1.807, 2.05) is 6.07 Å². The van der Waals surface area contributed by atoms with Gasteiger partial charge in [0.1, 0.15) is 19.8 Å². The van der Waals surface area contributed by atoms with Crippen molar-refractivity contribution in [2.75, 3.05) is 13.2 Å². The summed E-state index contributed by atoms with van der Waals surface area (Å²) in [4.78, 5) is 60.7. The van der Waals surface area contributed by atoms with Crippen molar-refractivity contribution in [1.29, 1.82) is 0 Å². The number of esters is 1. The van der Waals surface area contributed by atoms with Gasteiger partial charge < -0.3 is 14.8 Å². The number of fused-ring (bicyclic) bond motifs is 1. The second kappa shape index (κ2) is 9.46. The number of benzene rings is 2. The fourth-order valence-corrected chi connectivity index (χ4v) is 2.90. The van der Waals surface area contributed by atoms with Gasteiger partial charge in [0.05, 0.1) is 11.1 Å². The molecule has 30 heavy (non-hydrogen) atoms. The molecule has 1 aliphatic rings. The average molecular weight is 410 g/mol. The van der Waals surface area contributed by atoms with Crippen molar-refractivity contribution >= 4 is 30.2 Å². The average Bonchev–Trinajstić information content (AvgIpc) is 3.00. The smallest absolute Gasteiger partial charge is 0.332 e. The molecule has 0 spiro atoms. The molecule has 0 radical (unpaired) electrons. The second-order valence-corrected chi connectivity index (χ2v) is 6.39. The number of rotatable bonds is 9. The Balaban J connectivity index is 1.61. The van der Waals surface area contributed by atoms with Crippen LogP contribution in [0.5, 0.6) is 0 Å². The quantitative estimate of drug-likeness (QED) is 0.367. The summed E-state index contributed by atoms with van der Waals surface area (Å²) in [7, 11) is 0. The summed E-state index contributed by atoms with van der Waals surface area (Å²) in [6.45, 7) is -0.944. The minimum absolute atomic E-state index is 0.0362. The van der Waals surface area contributed by atoms with Crippen molar-refractivity contribution in [3.63, 3.8) is 0 Å². The minimum Gasteiger partial charge on any atom is -0.465 e. The van der Waals surface area contributed by atoms with Gasteiger partial charge in [-0.05, 0) is 17.7 Å². The molecule has 1 heterocycles. The third-order valence-corrected chi connectivity index (χ3v) is 4.35. The van der Waals surface area contributed by atoms with Crippen LogP contribution in [0.3, 0.4) is 0 Å². The molecule has 0 saturated carbocycles. The molecule has 9 nitrogen and oxygen atoms in total. The van der Waals surface area contributed by atoms with Crippen LogP contribution in [0.4, 0.5) is 0 Å². The Morgan fingerprint density at radius 3 is 2.17 bits per heavy atom. The SMILES string of the molecule is O=COC[C@H](NC(=O)CN1C(=O)c2ccccc2C1=O)C(=O)OCc1ccccc1. The molecule has 9 heteroatoms. The summed E-state index contributed by atoms with van der Waals surface area (Å²) in [5.41, 5.74) is 1.15. The highest BCUT2D eigenvalue weighted by atomic mass is 16.5. The molecular weight excluding hydrogens is 392 g/mol. The Bertz CT molecular complexity index is 939. The first-order valence-corrected chi connectivity index (χ1v) is 9.01. The van der Waals surface area contributed by atoms with Crippen LogP contribution in [0, 0.1) is 0 Å². The number of hydrogen-bond donors (Lipinski definition) is 1. The lowest BCUT2D eigenvalue weighted by atomic mass is 10.1. The van der Waals surface area contributed by atoms with Crippen molar-refractivity contribution in [3.8, 4) is 0 Å². The van der Waals surface area contributed by atoms with E-state index in [1.54, 1.807) is 36.4 Å². The third-order valence-electron chi connectivity index (χ3n) is 4.35. The van der Waals surface area contributed by atoms with E-state index >= 15 is 0 Å². The lowest BCUT2D eigenvalue weighted by molar-refractivity contribution is -0.151. The molecule has 2 aromatic carbocycles. The van der Waals surface area contributed by atoms with Crippen LogP contribution in [0.15, 0.2) is 54.6 Å². The number of nitrogens with zero attached hydrogens (tertiary/aromatic N) is 1. The number of carbonyl (C=O) groups is 5. The van der Waals surface area contributed by atoms with Gasteiger partial charge in [-0.2, -0.15) is 0 Å². The number of hydrogen-bond acceptors (Lipinski definition) is 7. The van der Waals surface area contributed by atoms with Crippen LogP contribution in [0.25, 0.3) is 0 Å². The molecule has 0 unspecified atom stereocenters. The molecule has 0 aromatic heterocycles. The van der Waals surface area contributed by atoms with Gasteiger partial charge in [0.25, 0.3) is 18.3 Å². The maximum atomic E-state index is 12.4. The summed E-state index contributed by atoms with van der Waals surface area (Å²) in [5.74, 6) is -2.80. The first-order valence-electron chi connectivity index (χ1n) is 9.01. The molecule has 1 N–H and O–H groups in total. The largest absolute Gasteiger partial charge is 0.465 e. The van der Waals surface area contributed by atoms with E-state index in [2.05, 4.69) is 10.1 Å².